The highest BCUT2D eigenvalue weighted by molar-refractivity contribution is 5.31. The van der Waals surface area contributed by atoms with Gasteiger partial charge in [0.1, 0.15) is 5.82 Å². The van der Waals surface area contributed by atoms with Gasteiger partial charge in [0.05, 0.1) is 6.61 Å². The number of aliphatic hydroxyl groups excluding tert-OH is 1. The van der Waals surface area contributed by atoms with E-state index in [1.165, 1.54) is 6.07 Å². The van der Waals surface area contributed by atoms with Crippen molar-refractivity contribution in [3.63, 3.8) is 0 Å². The Morgan fingerprint density at radius 1 is 1.53 bits per heavy atom. The molecule has 0 aliphatic carbocycles. The molecule has 15 heavy (non-hydrogen) atoms. The van der Waals surface area contributed by atoms with Crippen LogP contribution in [0.25, 0.3) is 0 Å². The van der Waals surface area contributed by atoms with Crippen LogP contribution in [0.3, 0.4) is 0 Å². The Hall–Kier alpha value is -0.930. The van der Waals surface area contributed by atoms with E-state index in [0.717, 1.165) is 24.9 Å². The zero-order chi connectivity index (χ0) is 10.9. The molecular formula is C12H16FNO. The van der Waals surface area contributed by atoms with Gasteiger partial charge in [0.2, 0.25) is 0 Å². The predicted octanol–water partition coefficient (Wildman–Crippen LogP) is 1.92. The molecule has 1 heterocycles. The minimum Gasteiger partial charge on any atom is -0.392 e. The highest BCUT2D eigenvalue weighted by atomic mass is 19.1. The van der Waals surface area contributed by atoms with E-state index in [1.54, 1.807) is 12.1 Å². The van der Waals surface area contributed by atoms with E-state index in [4.69, 9.17) is 5.11 Å². The maximum Gasteiger partial charge on any atom is 0.128 e. The van der Waals surface area contributed by atoms with Crippen molar-refractivity contribution in [2.45, 2.75) is 31.9 Å². The summed E-state index contributed by atoms with van der Waals surface area (Å²) in [5.74, 6) is -0.191. The molecule has 0 saturated carbocycles. The molecule has 2 N–H and O–H groups in total. The van der Waals surface area contributed by atoms with E-state index in [0.29, 0.717) is 5.56 Å². The molecule has 1 aliphatic heterocycles. The van der Waals surface area contributed by atoms with Crippen molar-refractivity contribution in [2.75, 3.05) is 6.54 Å². The van der Waals surface area contributed by atoms with Crippen LogP contribution in [0, 0.1) is 5.82 Å². The Bertz CT molecular complexity index is 359. The lowest BCUT2D eigenvalue weighted by atomic mass is 9.89. The van der Waals surface area contributed by atoms with Gasteiger partial charge in [-0.1, -0.05) is 6.07 Å². The summed E-state index contributed by atoms with van der Waals surface area (Å²) in [6.45, 7) is 2.90. The Balaban J connectivity index is 2.41. The van der Waals surface area contributed by atoms with Gasteiger partial charge in [-0.15, -0.1) is 0 Å². The summed E-state index contributed by atoms with van der Waals surface area (Å²) < 4.78 is 13.7. The van der Waals surface area contributed by atoms with Gasteiger partial charge in [0.15, 0.2) is 0 Å². The lowest BCUT2D eigenvalue weighted by Gasteiger charge is -2.26. The maximum absolute atomic E-state index is 13.7. The van der Waals surface area contributed by atoms with E-state index in [-0.39, 0.29) is 18.0 Å². The highest BCUT2D eigenvalue weighted by Gasteiger charge is 2.32. The van der Waals surface area contributed by atoms with Crippen LogP contribution < -0.4 is 5.32 Å². The summed E-state index contributed by atoms with van der Waals surface area (Å²) in [7, 11) is 0. The van der Waals surface area contributed by atoms with Crippen molar-refractivity contribution in [1.29, 1.82) is 0 Å². The van der Waals surface area contributed by atoms with Gasteiger partial charge in [-0.25, -0.2) is 4.39 Å². The van der Waals surface area contributed by atoms with Crippen molar-refractivity contribution >= 4 is 0 Å². The van der Waals surface area contributed by atoms with Crippen LogP contribution in [-0.4, -0.2) is 11.7 Å². The first-order valence-electron chi connectivity index (χ1n) is 5.30. The molecule has 2 rings (SSSR count). The molecule has 1 fully saturated rings. The van der Waals surface area contributed by atoms with Crippen LogP contribution in [0.1, 0.15) is 30.9 Å². The molecular weight excluding hydrogens is 193 g/mol. The molecule has 1 aromatic carbocycles. The van der Waals surface area contributed by atoms with Crippen molar-refractivity contribution in [3.8, 4) is 0 Å². The first kappa shape index (κ1) is 10.6. The van der Waals surface area contributed by atoms with E-state index in [2.05, 4.69) is 5.32 Å². The molecule has 1 atom stereocenters. The summed E-state index contributed by atoms with van der Waals surface area (Å²) in [5, 5.41) is 12.4. The Labute approximate surface area is 89.1 Å². The second kappa shape index (κ2) is 3.91. The summed E-state index contributed by atoms with van der Waals surface area (Å²) in [4.78, 5) is 0. The molecule has 3 heteroatoms. The number of aliphatic hydroxyl groups is 1. The molecule has 0 bridgehead atoms. The average Bonchev–Trinajstić information content (AvgIpc) is 2.67. The fraction of sp³-hybridized carbons (Fsp3) is 0.500. The first-order chi connectivity index (χ1) is 7.15. The summed E-state index contributed by atoms with van der Waals surface area (Å²) in [6, 6.07) is 4.82. The van der Waals surface area contributed by atoms with E-state index < -0.39 is 0 Å². The first-order valence-corrected chi connectivity index (χ1v) is 5.30. The fourth-order valence-electron chi connectivity index (χ4n) is 2.22. The van der Waals surface area contributed by atoms with Crippen LogP contribution in [0.2, 0.25) is 0 Å². The van der Waals surface area contributed by atoms with Crippen LogP contribution >= 0.6 is 0 Å². The van der Waals surface area contributed by atoms with Gasteiger partial charge in [0, 0.05) is 11.1 Å². The van der Waals surface area contributed by atoms with Gasteiger partial charge in [-0.05, 0) is 44.0 Å². The molecule has 0 radical (unpaired) electrons. The number of halogens is 1. The van der Waals surface area contributed by atoms with Crippen molar-refractivity contribution in [3.05, 3.63) is 35.1 Å². The molecule has 0 aromatic heterocycles. The molecule has 1 aromatic rings. The van der Waals surface area contributed by atoms with E-state index in [1.807, 2.05) is 6.92 Å². The van der Waals surface area contributed by atoms with Gasteiger partial charge in [0.25, 0.3) is 0 Å². The lowest BCUT2D eigenvalue weighted by Crippen LogP contribution is -2.34. The molecule has 82 valence electrons. The van der Waals surface area contributed by atoms with Gasteiger partial charge in [-0.3, -0.25) is 0 Å². The predicted molar refractivity (Wildman–Crippen MR) is 56.9 cm³/mol. The second-order valence-electron chi connectivity index (χ2n) is 4.33. The number of hydrogen-bond donors (Lipinski definition) is 2. The normalized spacial score (nSPS) is 25.8. The highest BCUT2D eigenvalue weighted by Crippen LogP contribution is 2.32. The number of benzene rings is 1. The molecule has 2 nitrogen and oxygen atoms in total. The quantitative estimate of drug-likeness (QED) is 0.780. The average molecular weight is 209 g/mol. The van der Waals surface area contributed by atoms with E-state index >= 15 is 0 Å². The number of hydrogen-bond acceptors (Lipinski definition) is 2. The minimum absolute atomic E-state index is 0.0383. The maximum atomic E-state index is 13.7. The third-order valence-electron chi connectivity index (χ3n) is 3.18. The van der Waals surface area contributed by atoms with Gasteiger partial charge < -0.3 is 10.4 Å². The SMILES string of the molecule is CC1(c2cc(CO)ccc2F)CCCN1. The molecule has 1 unspecified atom stereocenters. The lowest BCUT2D eigenvalue weighted by molar-refractivity contribution is 0.281. The van der Waals surface area contributed by atoms with Gasteiger partial charge >= 0.3 is 0 Å². The van der Waals surface area contributed by atoms with Crippen molar-refractivity contribution in [1.82, 2.24) is 5.32 Å². The minimum atomic E-state index is -0.269. The summed E-state index contributed by atoms with van der Waals surface area (Å²) in [6.07, 6.45) is 2.01. The smallest absolute Gasteiger partial charge is 0.128 e. The van der Waals surface area contributed by atoms with Crippen LogP contribution in [0.15, 0.2) is 18.2 Å². The molecule has 1 aliphatic rings. The van der Waals surface area contributed by atoms with Crippen LogP contribution in [-0.2, 0) is 12.1 Å². The summed E-state index contributed by atoms with van der Waals surface area (Å²) >= 11 is 0. The fourth-order valence-corrected chi connectivity index (χ4v) is 2.22. The number of rotatable bonds is 2. The third-order valence-corrected chi connectivity index (χ3v) is 3.18. The van der Waals surface area contributed by atoms with Crippen LogP contribution in [0.4, 0.5) is 4.39 Å². The topological polar surface area (TPSA) is 32.3 Å². The molecule has 0 amide bonds. The third kappa shape index (κ3) is 1.90. The van der Waals surface area contributed by atoms with Crippen molar-refractivity contribution in [2.24, 2.45) is 0 Å². The van der Waals surface area contributed by atoms with Gasteiger partial charge in [-0.2, -0.15) is 0 Å². The monoisotopic (exact) mass is 209 g/mol. The standard InChI is InChI=1S/C12H16FNO/c1-12(5-2-6-14-12)10-7-9(8-15)3-4-11(10)13/h3-4,7,14-15H,2,5-6,8H2,1H3. The second-order valence-corrected chi connectivity index (χ2v) is 4.33. The zero-order valence-electron chi connectivity index (χ0n) is 8.89. The zero-order valence-corrected chi connectivity index (χ0v) is 8.89. The Morgan fingerprint density at radius 2 is 2.33 bits per heavy atom. The van der Waals surface area contributed by atoms with E-state index in [9.17, 15) is 4.39 Å². The Kier molecular flexibility index (Phi) is 2.76. The molecule has 1 saturated heterocycles. The summed E-state index contributed by atoms with van der Waals surface area (Å²) in [5.41, 5.74) is 1.17. The van der Waals surface area contributed by atoms with Crippen LogP contribution in [0.5, 0.6) is 0 Å². The Morgan fingerprint density at radius 3 is 2.93 bits per heavy atom. The largest absolute Gasteiger partial charge is 0.392 e. The molecule has 0 spiro atoms. The number of nitrogens with one attached hydrogen (secondary N) is 1. The van der Waals surface area contributed by atoms with Crippen molar-refractivity contribution < 1.29 is 9.50 Å².